The second kappa shape index (κ2) is 6.54. The van der Waals surface area contributed by atoms with E-state index in [4.69, 9.17) is 4.74 Å². The second-order valence-corrected chi connectivity index (χ2v) is 9.16. The Morgan fingerprint density at radius 3 is 2.18 bits per heavy atom. The molecular weight excluding hydrogens is 358 g/mol. The number of esters is 1. The third-order valence-corrected chi connectivity index (χ3v) is 6.46. The molecule has 1 aromatic carbocycles. The van der Waals surface area contributed by atoms with Crippen molar-refractivity contribution in [3.63, 3.8) is 0 Å². The van der Waals surface area contributed by atoms with E-state index < -0.39 is 11.4 Å². The van der Waals surface area contributed by atoms with Gasteiger partial charge in [0.2, 0.25) is 11.8 Å². The summed E-state index contributed by atoms with van der Waals surface area (Å²) in [4.78, 5) is 52.0. The van der Waals surface area contributed by atoms with Gasteiger partial charge in [0, 0.05) is 5.41 Å². The number of ketones is 1. The molecule has 3 aliphatic rings. The molecule has 0 N–H and O–H groups in total. The lowest BCUT2D eigenvalue weighted by Crippen LogP contribution is -2.34. The standard InChI is InChI=1S/C22H25NO5/c1-22(2,3)16(24)11-28-21(27)14-6-4-5-7-15(14)23-19(25)17-12-8-9-13(10-12)18(17)20(23)26/h4-7,12-13,17-18H,8-11H2,1-3H3/t12-,13+,17-,18+. The van der Waals surface area contributed by atoms with Crippen LogP contribution in [0.3, 0.4) is 0 Å². The molecule has 2 aliphatic carbocycles. The number of amides is 2. The van der Waals surface area contributed by atoms with Crippen molar-refractivity contribution in [1.82, 2.24) is 0 Å². The SMILES string of the molecule is CC(C)(C)C(=O)COC(=O)c1ccccc1N1C(=O)[C@@H]2[C@@H]3CC[C@@H](C3)[C@@H]2C1=O. The van der Waals surface area contributed by atoms with Crippen LogP contribution in [0.25, 0.3) is 0 Å². The lowest BCUT2D eigenvalue weighted by Gasteiger charge is -2.20. The summed E-state index contributed by atoms with van der Waals surface area (Å²) in [6.07, 6.45) is 2.95. The first-order chi connectivity index (χ1) is 13.2. The minimum absolute atomic E-state index is 0.137. The van der Waals surface area contributed by atoms with Crippen LogP contribution in [0.15, 0.2) is 24.3 Å². The zero-order valence-corrected chi connectivity index (χ0v) is 16.4. The highest BCUT2D eigenvalue weighted by molar-refractivity contribution is 6.24. The average Bonchev–Trinajstić information content (AvgIpc) is 3.32. The maximum atomic E-state index is 13.1. The number of nitrogens with zero attached hydrogens (tertiary/aromatic N) is 1. The first-order valence-electron chi connectivity index (χ1n) is 9.87. The molecule has 1 aliphatic heterocycles. The van der Waals surface area contributed by atoms with Gasteiger partial charge in [0.05, 0.1) is 23.1 Å². The number of ether oxygens (including phenoxy) is 1. The van der Waals surface area contributed by atoms with Crippen molar-refractivity contribution >= 4 is 29.3 Å². The molecule has 28 heavy (non-hydrogen) atoms. The molecule has 3 fully saturated rings. The Labute approximate surface area is 164 Å². The zero-order chi connectivity index (χ0) is 20.2. The summed E-state index contributed by atoms with van der Waals surface area (Å²) in [5.74, 6) is -1.25. The van der Waals surface area contributed by atoms with Crippen molar-refractivity contribution in [2.24, 2.45) is 29.1 Å². The van der Waals surface area contributed by atoms with E-state index in [-0.39, 0.29) is 59.1 Å². The van der Waals surface area contributed by atoms with E-state index in [9.17, 15) is 19.2 Å². The highest BCUT2D eigenvalue weighted by atomic mass is 16.5. The first-order valence-corrected chi connectivity index (χ1v) is 9.87. The van der Waals surface area contributed by atoms with Crippen LogP contribution >= 0.6 is 0 Å². The fourth-order valence-corrected chi connectivity index (χ4v) is 4.91. The second-order valence-electron chi connectivity index (χ2n) is 9.16. The van der Waals surface area contributed by atoms with E-state index in [1.165, 1.54) is 11.0 Å². The molecule has 148 valence electrons. The summed E-state index contributed by atoms with van der Waals surface area (Å²) in [6, 6.07) is 6.47. The predicted octanol–water partition coefficient (Wildman–Crippen LogP) is 2.99. The molecule has 1 aromatic rings. The van der Waals surface area contributed by atoms with E-state index in [0.717, 1.165) is 19.3 Å². The van der Waals surface area contributed by atoms with Crippen molar-refractivity contribution in [2.75, 3.05) is 11.5 Å². The molecule has 6 heteroatoms. The molecule has 0 radical (unpaired) electrons. The lowest BCUT2D eigenvalue weighted by atomic mass is 9.81. The molecule has 1 saturated heterocycles. The molecule has 2 saturated carbocycles. The van der Waals surface area contributed by atoms with Crippen LogP contribution in [-0.4, -0.2) is 30.2 Å². The van der Waals surface area contributed by atoms with Crippen molar-refractivity contribution in [3.8, 4) is 0 Å². The van der Waals surface area contributed by atoms with Crippen molar-refractivity contribution < 1.29 is 23.9 Å². The number of fused-ring (bicyclic) bond motifs is 5. The number of imide groups is 1. The van der Waals surface area contributed by atoms with Gasteiger partial charge in [-0.1, -0.05) is 32.9 Å². The Morgan fingerprint density at radius 1 is 1.04 bits per heavy atom. The fourth-order valence-electron chi connectivity index (χ4n) is 4.91. The number of hydrogen-bond donors (Lipinski definition) is 0. The number of benzene rings is 1. The Morgan fingerprint density at radius 2 is 1.61 bits per heavy atom. The highest BCUT2D eigenvalue weighted by Crippen LogP contribution is 2.56. The first kappa shape index (κ1) is 18.8. The number of para-hydroxylation sites is 1. The predicted molar refractivity (Wildman–Crippen MR) is 101 cm³/mol. The van der Waals surface area contributed by atoms with Crippen LogP contribution in [-0.2, 0) is 19.1 Å². The summed E-state index contributed by atoms with van der Waals surface area (Å²) in [5, 5.41) is 0. The Bertz CT molecular complexity index is 840. The molecule has 0 spiro atoms. The summed E-state index contributed by atoms with van der Waals surface area (Å²) < 4.78 is 5.20. The Hall–Kier alpha value is -2.50. The molecular formula is C22H25NO5. The summed E-state index contributed by atoms with van der Waals surface area (Å²) >= 11 is 0. The quantitative estimate of drug-likeness (QED) is 0.590. The zero-order valence-electron chi connectivity index (χ0n) is 16.4. The number of anilines is 1. The molecule has 1 heterocycles. The van der Waals surface area contributed by atoms with E-state index in [1.807, 2.05) is 0 Å². The summed E-state index contributed by atoms with van der Waals surface area (Å²) in [7, 11) is 0. The van der Waals surface area contributed by atoms with E-state index >= 15 is 0 Å². The minimum atomic E-state index is -0.700. The van der Waals surface area contributed by atoms with Crippen LogP contribution in [0.5, 0.6) is 0 Å². The van der Waals surface area contributed by atoms with Gasteiger partial charge in [0.1, 0.15) is 0 Å². The van der Waals surface area contributed by atoms with Gasteiger partial charge >= 0.3 is 5.97 Å². The largest absolute Gasteiger partial charge is 0.454 e. The maximum absolute atomic E-state index is 13.1. The van der Waals surface area contributed by atoms with Gasteiger partial charge < -0.3 is 4.74 Å². The smallest absolute Gasteiger partial charge is 0.340 e. The Kier molecular flexibility index (Phi) is 4.40. The van der Waals surface area contributed by atoms with Crippen molar-refractivity contribution in [2.45, 2.75) is 40.0 Å². The minimum Gasteiger partial charge on any atom is -0.454 e. The van der Waals surface area contributed by atoms with Crippen LogP contribution in [0, 0.1) is 29.1 Å². The number of rotatable bonds is 4. The Balaban J connectivity index is 1.58. The van der Waals surface area contributed by atoms with E-state index in [0.29, 0.717) is 0 Å². The summed E-state index contributed by atoms with van der Waals surface area (Å²) in [5.41, 5.74) is -0.213. The van der Waals surface area contributed by atoms with Gasteiger partial charge in [-0.25, -0.2) is 9.69 Å². The average molecular weight is 383 g/mol. The fraction of sp³-hybridized carbons (Fsp3) is 0.545. The number of carbonyl (C=O) groups is 4. The third-order valence-electron chi connectivity index (χ3n) is 6.46. The topological polar surface area (TPSA) is 80.8 Å². The molecule has 4 atom stereocenters. The van der Waals surface area contributed by atoms with Crippen LogP contribution in [0.1, 0.15) is 50.4 Å². The maximum Gasteiger partial charge on any atom is 0.340 e. The molecule has 2 bridgehead atoms. The third kappa shape index (κ3) is 2.86. The van der Waals surface area contributed by atoms with E-state index in [2.05, 4.69) is 0 Å². The molecule has 0 aromatic heterocycles. The van der Waals surface area contributed by atoms with Gasteiger partial charge in [-0.05, 0) is 43.2 Å². The van der Waals surface area contributed by atoms with E-state index in [1.54, 1.807) is 39.0 Å². The molecule has 2 amide bonds. The normalized spacial score (nSPS) is 28.6. The van der Waals surface area contributed by atoms with Gasteiger partial charge in [-0.15, -0.1) is 0 Å². The van der Waals surface area contributed by atoms with Gasteiger partial charge in [-0.3, -0.25) is 14.4 Å². The van der Waals surface area contributed by atoms with Crippen molar-refractivity contribution in [1.29, 1.82) is 0 Å². The highest BCUT2D eigenvalue weighted by Gasteiger charge is 2.61. The monoisotopic (exact) mass is 383 g/mol. The van der Waals surface area contributed by atoms with Crippen LogP contribution < -0.4 is 4.90 Å². The number of hydrogen-bond acceptors (Lipinski definition) is 5. The molecule has 4 rings (SSSR count). The number of carbonyl (C=O) groups excluding carboxylic acids is 4. The van der Waals surface area contributed by atoms with Crippen LogP contribution in [0.2, 0.25) is 0 Å². The molecule has 6 nitrogen and oxygen atoms in total. The number of Topliss-reactive ketones (excluding diaryl/α,β-unsaturated/α-hetero) is 1. The summed E-state index contributed by atoms with van der Waals surface area (Å²) in [6.45, 7) is 4.93. The van der Waals surface area contributed by atoms with Crippen molar-refractivity contribution in [3.05, 3.63) is 29.8 Å². The van der Waals surface area contributed by atoms with Gasteiger partial charge in [0.15, 0.2) is 12.4 Å². The molecule has 0 unspecified atom stereocenters. The lowest BCUT2D eigenvalue weighted by molar-refractivity contribution is -0.129. The van der Waals surface area contributed by atoms with Gasteiger partial charge in [-0.2, -0.15) is 0 Å². The van der Waals surface area contributed by atoms with Crippen LogP contribution in [0.4, 0.5) is 5.69 Å². The van der Waals surface area contributed by atoms with Gasteiger partial charge in [0.25, 0.3) is 0 Å².